The number of benzene rings is 2. The zero-order valence-corrected chi connectivity index (χ0v) is 25.9. The predicted molar refractivity (Wildman–Crippen MR) is 166 cm³/mol. The molecule has 1 fully saturated rings. The molecule has 2 aliphatic rings. The second kappa shape index (κ2) is 12.9. The molecule has 0 aliphatic carbocycles. The molecule has 2 aliphatic heterocycles. The summed E-state index contributed by atoms with van der Waals surface area (Å²) in [5, 5.41) is 2.60. The number of aliphatic imine (C=N–C) groups is 1. The lowest BCUT2D eigenvalue weighted by molar-refractivity contribution is 0.0672. The van der Waals surface area contributed by atoms with Crippen molar-refractivity contribution in [3.8, 4) is 5.75 Å². The van der Waals surface area contributed by atoms with E-state index >= 15 is 0 Å². The van der Waals surface area contributed by atoms with E-state index in [4.69, 9.17) is 32.8 Å². The van der Waals surface area contributed by atoms with Gasteiger partial charge in [-0.15, -0.1) is 0 Å². The molecule has 2 amide bonds. The summed E-state index contributed by atoms with van der Waals surface area (Å²) in [5.41, 5.74) is 11.6. The van der Waals surface area contributed by atoms with Crippen molar-refractivity contribution in [2.75, 3.05) is 24.6 Å². The van der Waals surface area contributed by atoms with E-state index in [-0.39, 0.29) is 51.1 Å². The van der Waals surface area contributed by atoms with Crippen molar-refractivity contribution in [3.05, 3.63) is 70.5 Å². The van der Waals surface area contributed by atoms with E-state index in [1.54, 1.807) is 35.2 Å². The Morgan fingerprint density at radius 2 is 1.82 bits per heavy atom. The maximum Gasteiger partial charge on any atom is 0.279 e. The van der Waals surface area contributed by atoms with E-state index in [0.29, 0.717) is 50.2 Å². The standard InChI is InChI=1S/C29H32ClFN8O5S/c1-17(31)44-20-6-2-4-18(14-20)16-34-45(42,43)21-7-3-5-19(15-21)28(41)39-12-10-29(11-13-39)9-8-22(38-29)35-27(40)23-25(32)37-26(33)24(30)36-23/h2-7,14-15,17,34H,8-13,16H2,1H3,(H4,32,33,37)(H,35,38,40). The number of anilines is 2. The number of carbonyl (C=O) groups is 2. The summed E-state index contributed by atoms with van der Waals surface area (Å²) >= 11 is 5.89. The van der Waals surface area contributed by atoms with Crippen molar-refractivity contribution in [3.63, 3.8) is 0 Å². The molecule has 0 radical (unpaired) electrons. The number of ether oxygens (including phenoxy) is 1. The maximum absolute atomic E-state index is 13.4. The number of hydrogen-bond acceptors (Lipinski definition) is 10. The van der Waals surface area contributed by atoms with Crippen LogP contribution in [0.25, 0.3) is 0 Å². The number of carbonyl (C=O) groups excluding carboxylic acids is 2. The van der Waals surface area contributed by atoms with Crippen LogP contribution in [0.5, 0.6) is 5.75 Å². The van der Waals surface area contributed by atoms with Crippen molar-refractivity contribution in [2.24, 2.45) is 4.99 Å². The van der Waals surface area contributed by atoms with Gasteiger partial charge in [0.25, 0.3) is 11.8 Å². The van der Waals surface area contributed by atoms with Gasteiger partial charge in [0.15, 0.2) is 22.5 Å². The van der Waals surface area contributed by atoms with Crippen molar-refractivity contribution >= 4 is 50.9 Å². The average molecular weight is 659 g/mol. The van der Waals surface area contributed by atoms with E-state index in [9.17, 15) is 22.4 Å². The molecule has 3 heterocycles. The van der Waals surface area contributed by atoms with Crippen molar-refractivity contribution in [2.45, 2.75) is 55.9 Å². The third kappa shape index (κ3) is 7.49. The Morgan fingerprint density at radius 1 is 1.09 bits per heavy atom. The van der Waals surface area contributed by atoms with Crippen LogP contribution in [0.15, 0.2) is 58.4 Å². The second-order valence-electron chi connectivity index (χ2n) is 10.8. The highest BCUT2D eigenvalue weighted by molar-refractivity contribution is 7.89. The summed E-state index contributed by atoms with van der Waals surface area (Å²) in [6.07, 6.45) is 0.843. The van der Waals surface area contributed by atoms with Gasteiger partial charge in [-0.1, -0.05) is 29.8 Å². The maximum atomic E-state index is 13.4. The Kier molecular flexibility index (Phi) is 9.23. The van der Waals surface area contributed by atoms with Gasteiger partial charge in [0.05, 0.1) is 10.4 Å². The van der Waals surface area contributed by atoms with Crippen LogP contribution in [0.4, 0.5) is 16.0 Å². The third-order valence-corrected chi connectivity index (χ3v) is 9.29. The minimum absolute atomic E-state index is 0.0515. The Labute approximate surface area is 264 Å². The SMILES string of the molecule is CC(F)Oc1cccc(CNS(=O)(=O)c2cccc(C(=O)N3CCC4(CCC(NC(=O)c5nc(Cl)c(N)nc5N)=N4)CC3)c2)c1. The van der Waals surface area contributed by atoms with Crippen molar-refractivity contribution < 1.29 is 27.1 Å². The molecule has 1 unspecified atom stereocenters. The summed E-state index contributed by atoms with van der Waals surface area (Å²) in [4.78, 5) is 40.2. The molecule has 238 valence electrons. The minimum atomic E-state index is -3.96. The minimum Gasteiger partial charge on any atom is -0.461 e. The summed E-state index contributed by atoms with van der Waals surface area (Å²) in [6.45, 7) is 2.01. The number of sulfonamides is 1. The van der Waals surface area contributed by atoms with Gasteiger partial charge < -0.3 is 26.4 Å². The van der Waals surface area contributed by atoms with E-state index in [1.807, 2.05) is 0 Å². The quantitative estimate of drug-likeness (QED) is 0.281. The fourth-order valence-electron chi connectivity index (χ4n) is 5.28. The molecule has 1 saturated heterocycles. The van der Waals surface area contributed by atoms with Gasteiger partial charge in [-0.05, 0) is 55.2 Å². The Hall–Kier alpha value is -4.34. The largest absolute Gasteiger partial charge is 0.461 e. The molecule has 1 atom stereocenters. The molecular weight excluding hydrogens is 627 g/mol. The number of amides is 2. The van der Waals surface area contributed by atoms with Crippen molar-refractivity contribution in [1.29, 1.82) is 0 Å². The number of nitrogens with one attached hydrogen (secondary N) is 2. The number of rotatable bonds is 8. The number of likely N-dealkylation sites (tertiary alicyclic amines) is 1. The summed E-state index contributed by atoms with van der Waals surface area (Å²) in [6, 6.07) is 12.3. The number of piperidine rings is 1. The first kappa shape index (κ1) is 32.1. The molecule has 2 aromatic carbocycles. The normalized spacial score (nSPS) is 16.7. The summed E-state index contributed by atoms with van der Waals surface area (Å²) in [7, 11) is -3.96. The number of nitrogens with zero attached hydrogens (tertiary/aromatic N) is 4. The summed E-state index contributed by atoms with van der Waals surface area (Å²) < 4.78 is 46.8. The lowest BCUT2D eigenvalue weighted by atomic mass is 9.86. The number of nitrogens with two attached hydrogens (primary N) is 2. The fourth-order valence-corrected chi connectivity index (χ4v) is 6.47. The number of halogens is 2. The molecule has 3 aromatic rings. The fraction of sp³-hybridized carbons (Fsp3) is 0.345. The Bertz CT molecular complexity index is 1760. The highest BCUT2D eigenvalue weighted by atomic mass is 35.5. The van der Waals surface area contributed by atoms with Gasteiger partial charge in [-0.2, -0.15) is 0 Å². The molecule has 5 rings (SSSR count). The van der Waals surface area contributed by atoms with E-state index in [1.165, 1.54) is 25.1 Å². The van der Waals surface area contributed by atoms with E-state index in [2.05, 4.69) is 20.0 Å². The van der Waals surface area contributed by atoms with Gasteiger partial charge in [0, 0.05) is 38.5 Å². The van der Waals surface area contributed by atoms with Gasteiger partial charge >= 0.3 is 0 Å². The van der Waals surface area contributed by atoms with E-state index in [0.717, 1.165) is 0 Å². The van der Waals surface area contributed by atoms with Crippen LogP contribution in [0.2, 0.25) is 5.15 Å². The van der Waals surface area contributed by atoms with E-state index < -0.39 is 27.8 Å². The Morgan fingerprint density at radius 3 is 2.56 bits per heavy atom. The highest BCUT2D eigenvalue weighted by Crippen LogP contribution is 2.36. The van der Waals surface area contributed by atoms with Gasteiger partial charge in [0.2, 0.25) is 16.4 Å². The highest BCUT2D eigenvalue weighted by Gasteiger charge is 2.40. The van der Waals surface area contributed by atoms with Gasteiger partial charge in [-0.3, -0.25) is 14.6 Å². The molecule has 45 heavy (non-hydrogen) atoms. The monoisotopic (exact) mass is 658 g/mol. The summed E-state index contributed by atoms with van der Waals surface area (Å²) in [5.74, 6) is -0.346. The lowest BCUT2D eigenvalue weighted by Gasteiger charge is -2.37. The van der Waals surface area contributed by atoms with Crippen LogP contribution in [0, 0.1) is 0 Å². The molecule has 6 N–H and O–H groups in total. The molecular formula is C29H32ClFN8O5S. The van der Waals surface area contributed by atoms with Crippen LogP contribution in [0.3, 0.4) is 0 Å². The third-order valence-electron chi connectivity index (χ3n) is 7.61. The number of aromatic nitrogens is 2. The van der Waals surface area contributed by atoms with Crippen LogP contribution < -0.4 is 26.2 Å². The molecule has 0 saturated carbocycles. The first-order valence-electron chi connectivity index (χ1n) is 14.1. The number of alkyl halides is 1. The number of hydrogen-bond donors (Lipinski definition) is 4. The molecule has 1 spiro atoms. The molecule has 0 bridgehead atoms. The zero-order valence-electron chi connectivity index (χ0n) is 24.3. The predicted octanol–water partition coefficient (Wildman–Crippen LogP) is 3.06. The average Bonchev–Trinajstić information content (AvgIpc) is 3.39. The molecule has 1 aromatic heterocycles. The Balaban J connectivity index is 1.19. The van der Waals surface area contributed by atoms with Crippen LogP contribution >= 0.6 is 11.6 Å². The molecule has 13 nitrogen and oxygen atoms in total. The molecule has 16 heteroatoms. The smallest absolute Gasteiger partial charge is 0.279 e. The van der Waals surface area contributed by atoms with Crippen LogP contribution in [-0.2, 0) is 16.6 Å². The first-order valence-corrected chi connectivity index (χ1v) is 16.0. The van der Waals surface area contributed by atoms with Gasteiger partial charge in [0.1, 0.15) is 11.6 Å². The topological polar surface area (TPSA) is 195 Å². The first-order chi connectivity index (χ1) is 21.3. The zero-order chi connectivity index (χ0) is 32.4. The van der Waals surface area contributed by atoms with Gasteiger partial charge in [-0.25, -0.2) is 27.5 Å². The number of nitrogen functional groups attached to an aromatic ring is 2. The lowest BCUT2D eigenvalue weighted by Crippen LogP contribution is -2.45. The number of amidine groups is 1. The van der Waals surface area contributed by atoms with Crippen LogP contribution in [-0.4, -0.2) is 65.9 Å². The second-order valence-corrected chi connectivity index (χ2v) is 12.9. The van der Waals surface area contributed by atoms with Crippen molar-refractivity contribution in [1.82, 2.24) is 24.9 Å². The van der Waals surface area contributed by atoms with Crippen LogP contribution in [0.1, 0.15) is 59.0 Å².